The number of carbonyl (C=O) groups excluding carboxylic acids is 2. The van der Waals surface area contributed by atoms with Gasteiger partial charge in [0.25, 0.3) is 0 Å². The maximum absolute atomic E-state index is 12.4. The van der Waals surface area contributed by atoms with Gasteiger partial charge in [-0.1, -0.05) is 11.6 Å². The van der Waals surface area contributed by atoms with Crippen LogP contribution in [0.5, 0.6) is 0 Å². The molecule has 0 bridgehead atoms. The van der Waals surface area contributed by atoms with Crippen LogP contribution < -0.4 is 10.2 Å². The van der Waals surface area contributed by atoms with Crippen molar-refractivity contribution in [3.63, 3.8) is 0 Å². The maximum Gasteiger partial charge on any atom is 0.229 e. The Hall–Kier alpha value is -2.40. The molecule has 23 heavy (non-hydrogen) atoms. The second kappa shape index (κ2) is 6.38. The van der Waals surface area contributed by atoms with Gasteiger partial charge in [0.1, 0.15) is 0 Å². The summed E-state index contributed by atoms with van der Waals surface area (Å²) in [7, 11) is 0. The van der Waals surface area contributed by atoms with Gasteiger partial charge in [0, 0.05) is 29.9 Å². The van der Waals surface area contributed by atoms with Crippen LogP contribution in [0.3, 0.4) is 0 Å². The summed E-state index contributed by atoms with van der Waals surface area (Å²) in [6.07, 6.45) is 3.48. The number of anilines is 2. The van der Waals surface area contributed by atoms with Crippen molar-refractivity contribution in [3.8, 4) is 0 Å². The summed E-state index contributed by atoms with van der Waals surface area (Å²) in [6, 6.07) is 8.87. The van der Waals surface area contributed by atoms with Crippen molar-refractivity contribution in [2.24, 2.45) is 5.92 Å². The first-order valence-electron chi connectivity index (χ1n) is 7.32. The van der Waals surface area contributed by atoms with Gasteiger partial charge in [0.15, 0.2) is 0 Å². The lowest BCUT2D eigenvalue weighted by molar-refractivity contribution is -0.122. The van der Waals surface area contributed by atoms with Gasteiger partial charge >= 0.3 is 0 Å². The molecule has 2 heterocycles. The Balaban J connectivity index is 1.71. The van der Waals surface area contributed by atoms with E-state index in [1.165, 1.54) is 0 Å². The number of aromatic nitrogens is 1. The van der Waals surface area contributed by atoms with Gasteiger partial charge in [-0.25, -0.2) is 0 Å². The summed E-state index contributed by atoms with van der Waals surface area (Å²) >= 11 is 5.92. The number of carbonyl (C=O) groups is 2. The molecule has 1 atom stereocenters. The summed E-state index contributed by atoms with van der Waals surface area (Å²) in [5.74, 6) is -0.598. The predicted octanol–water partition coefficient (Wildman–Crippen LogP) is 3.04. The predicted molar refractivity (Wildman–Crippen MR) is 89.5 cm³/mol. The molecule has 1 saturated heterocycles. The first kappa shape index (κ1) is 15.5. The third-order valence-corrected chi connectivity index (χ3v) is 4.13. The number of pyridine rings is 1. The Kier molecular flexibility index (Phi) is 4.30. The molecule has 1 aliphatic heterocycles. The molecule has 1 fully saturated rings. The Morgan fingerprint density at radius 1 is 1.39 bits per heavy atom. The third kappa shape index (κ3) is 3.35. The van der Waals surface area contributed by atoms with E-state index in [0.717, 1.165) is 11.3 Å². The minimum absolute atomic E-state index is 0.0639. The number of nitrogens with one attached hydrogen (secondary N) is 1. The molecule has 6 heteroatoms. The molecule has 0 saturated carbocycles. The Labute approximate surface area is 139 Å². The molecule has 1 aliphatic rings. The van der Waals surface area contributed by atoms with Crippen LogP contribution in [0, 0.1) is 12.8 Å². The number of aryl methyl sites for hydroxylation is 1. The molecule has 2 aromatic rings. The highest BCUT2D eigenvalue weighted by molar-refractivity contribution is 6.30. The Morgan fingerprint density at radius 3 is 2.91 bits per heavy atom. The van der Waals surface area contributed by atoms with Crippen LogP contribution in [0.4, 0.5) is 11.4 Å². The summed E-state index contributed by atoms with van der Waals surface area (Å²) in [5.41, 5.74) is 2.32. The standard InChI is InChI=1S/C17H16ClN3O2/c1-11-7-13(18)4-5-15(11)20-17(23)12-8-16(22)21(10-12)14-3-2-6-19-9-14/h2-7,9,12H,8,10H2,1H3,(H,20,23). The highest BCUT2D eigenvalue weighted by Crippen LogP contribution is 2.26. The van der Waals surface area contributed by atoms with Gasteiger partial charge in [0.2, 0.25) is 11.8 Å². The van der Waals surface area contributed by atoms with E-state index >= 15 is 0 Å². The highest BCUT2D eigenvalue weighted by Gasteiger charge is 2.35. The van der Waals surface area contributed by atoms with Crippen LogP contribution in [0.2, 0.25) is 5.02 Å². The van der Waals surface area contributed by atoms with Gasteiger partial charge in [-0.3, -0.25) is 14.6 Å². The lowest BCUT2D eigenvalue weighted by Gasteiger charge is -2.16. The van der Waals surface area contributed by atoms with E-state index < -0.39 is 0 Å². The van der Waals surface area contributed by atoms with Crippen LogP contribution in [-0.4, -0.2) is 23.3 Å². The monoisotopic (exact) mass is 329 g/mol. The van der Waals surface area contributed by atoms with E-state index in [2.05, 4.69) is 10.3 Å². The average Bonchev–Trinajstić information content (AvgIpc) is 2.93. The van der Waals surface area contributed by atoms with E-state index in [1.807, 2.05) is 13.0 Å². The second-order valence-corrected chi connectivity index (χ2v) is 6.00. The quantitative estimate of drug-likeness (QED) is 0.941. The first-order chi connectivity index (χ1) is 11.0. The number of halogens is 1. The fourth-order valence-corrected chi connectivity index (χ4v) is 2.87. The highest BCUT2D eigenvalue weighted by atomic mass is 35.5. The van der Waals surface area contributed by atoms with Crippen LogP contribution in [0.15, 0.2) is 42.7 Å². The van der Waals surface area contributed by atoms with Crippen LogP contribution in [0.1, 0.15) is 12.0 Å². The lowest BCUT2D eigenvalue weighted by Crippen LogP contribution is -2.28. The summed E-state index contributed by atoms with van der Waals surface area (Å²) in [5, 5.41) is 3.50. The molecule has 5 nitrogen and oxygen atoms in total. The van der Waals surface area contributed by atoms with Gasteiger partial charge in [-0.05, 0) is 42.8 Å². The molecule has 2 amide bonds. The van der Waals surface area contributed by atoms with E-state index in [0.29, 0.717) is 17.3 Å². The van der Waals surface area contributed by atoms with Crippen LogP contribution >= 0.6 is 11.6 Å². The third-order valence-electron chi connectivity index (χ3n) is 3.90. The van der Waals surface area contributed by atoms with Gasteiger partial charge in [-0.15, -0.1) is 0 Å². The van der Waals surface area contributed by atoms with Crippen molar-refractivity contribution in [1.29, 1.82) is 0 Å². The molecular weight excluding hydrogens is 314 g/mol. The van der Waals surface area contributed by atoms with Crippen molar-refractivity contribution < 1.29 is 9.59 Å². The minimum Gasteiger partial charge on any atom is -0.326 e. The molecule has 1 unspecified atom stereocenters. The molecule has 1 aromatic carbocycles. The number of rotatable bonds is 3. The Bertz CT molecular complexity index is 749. The molecule has 0 spiro atoms. The molecule has 0 radical (unpaired) electrons. The average molecular weight is 330 g/mol. The van der Waals surface area contributed by atoms with Gasteiger partial charge in [0.05, 0.1) is 17.8 Å². The SMILES string of the molecule is Cc1cc(Cl)ccc1NC(=O)C1CC(=O)N(c2cccnc2)C1. The fourth-order valence-electron chi connectivity index (χ4n) is 2.65. The van der Waals surface area contributed by atoms with E-state index in [4.69, 9.17) is 11.6 Å². The van der Waals surface area contributed by atoms with Crippen LogP contribution in [0.25, 0.3) is 0 Å². The minimum atomic E-state index is -0.377. The molecule has 0 aliphatic carbocycles. The van der Waals surface area contributed by atoms with Crippen LogP contribution in [-0.2, 0) is 9.59 Å². The lowest BCUT2D eigenvalue weighted by atomic mass is 10.1. The number of amides is 2. The topological polar surface area (TPSA) is 62.3 Å². The van der Waals surface area contributed by atoms with E-state index in [-0.39, 0.29) is 24.2 Å². The zero-order chi connectivity index (χ0) is 16.4. The molecule has 1 aromatic heterocycles. The molecule has 1 N–H and O–H groups in total. The summed E-state index contributed by atoms with van der Waals surface area (Å²) in [4.78, 5) is 30.2. The summed E-state index contributed by atoms with van der Waals surface area (Å²) in [6.45, 7) is 2.24. The molecule has 118 valence electrons. The Morgan fingerprint density at radius 2 is 2.22 bits per heavy atom. The summed E-state index contributed by atoms with van der Waals surface area (Å²) < 4.78 is 0. The largest absolute Gasteiger partial charge is 0.326 e. The van der Waals surface area contributed by atoms with Crippen molar-refractivity contribution in [2.45, 2.75) is 13.3 Å². The van der Waals surface area contributed by atoms with E-state index in [1.54, 1.807) is 41.6 Å². The van der Waals surface area contributed by atoms with Crippen molar-refractivity contribution in [1.82, 2.24) is 4.98 Å². The normalized spacial score (nSPS) is 17.4. The van der Waals surface area contributed by atoms with Crippen molar-refractivity contribution in [2.75, 3.05) is 16.8 Å². The maximum atomic E-state index is 12.4. The smallest absolute Gasteiger partial charge is 0.229 e. The number of hydrogen-bond donors (Lipinski definition) is 1. The number of benzene rings is 1. The molecule has 3 rings (SSSR count). The van der Waals surface area contributed by atoms with Crippen molar-refractivity contribution >= 4 is 34.8 Å². The van der Waals surface area contributed by atoms with E-state index in [9.17, 15) is 9.59 Å². The van der Waals surface area contributed by atoms with Gasteiger partial charge in [-0.2, -0.15) is 0 Å². The second-order valence-electron chi connectivity index (χ2n) is 5.57. The van der Waals surface area contributed by atoms with Gasteiger partial charge < -0.3 is 10.2 Å². The first-order valence-corrected chi connectivity index (χ1v) is 7.70. The number of nitrogens with zero attached hydrogens (tertiary/aromatic N) is 2. The zero-order valence-corrected chi connectivity index (χ0v) is 13.4. The number of hydrogen-bond acceptors (Lipinski definition) is 3. The zero-order valence-electron chi connectivity index (χ0n) is 12.6. The van der Waals surface area contributed by atoms with Crippen molar-refractivity contribution in [3.05, 3.63) is 53.3 Å². The molecular formula is C17H16ClN3O2. The fraction of sp³-hybridized carbons (Fsp3) is 0.235.